The zero-order valence-electron chi connectivity index (χ0n) is 11.6. The molecular formula is C15H29NO. The van der Waals surface area contributed by atoms with Crippen molar-refractivity contribution in [3.05, 3.63) is 0 Å². The molecule has 0 aromatic heterocycles. The molecule has 1 atom stereocenters. The molecule has 0 heterocycles. The summed E-state index contributed by atoms with van der Waals surface area (Å²) in [4.78, 5) is 0. The topological polar surface area (TPSA) is 32.3 Å². The lowest BCUT2D eigenvalue weighted by Crippen LogP contribution is -2.58. The van der Waals surface area contributed by atoms with E-state index >= 15 is 0 Å². The summed E-state index contributed by atoms with van der Waals surface area (Å²) >= 11 is 0. The molecule has 0 bridgehead atoms. The van der Waals surface area contributed by atoms with Gasteiger partial charge in [0.05, 0.1) is 6.61 Å². The number of aliphatic hydroxyl groups is 1. The van der Waals surface area contributed by atoms with Gasteiger partial charge in [-0.2, -0.15) is 0 Å². The molecule has 1 unspecified atom stereocenters. The van der Waals surface area contributed by atoms with Crippen LogP contribution in [0.25, 0.3) is 0 Å². The highest BCUT2D eigenvalue weighted by Crippen LogP contribution is 2.46. The first-order valence-corrected chi connectivity index (χ1v) is 7.48. The summed E-state index contributed by atoms with van der Waals surface area (Å²) < 4.78 is 0. The summed E-state index contributed by atoms with van der Waals surface area (Å²) in [6.45, 7) is 4.94. The molecule has 2 aliphatic rings. The van der Waals surface area contributed by atoms with Crippen LogP contribution < -0.4 is 5.32 Å². The normalized spacial score (nSPS) is 34.8. The van der Waals surface area contributed by atoms with Gasteiger partial charge in [0.2, 0.25) is 0 Å². The van der Waals surface area contributed by atoms with E-state index in [1.54, 1.807) is 0 Å². The van der Waals surface area contributed by atoms with Crippen LogP contribution in [0.2, 0.25) is 0 Å². The standard InChI is InChI=1S/C15H29NO/c1-14(2)10-7-11-15(14,12-17)16-13-8-5-3-4-6-9-13/h13,16-17H,3-12H2,1-2H3. The van der Waals surface area contributed by atoms with Crippen LogP contribution >= 0.6 is 0 Å². The van der Waals surface area contributed by atoms with E-state index in [1.165, 1.54) is 51.4 Å². The molecule has 0 radical (unpaired) electrons. The van der Waals surface area contributed by atoms with Gasteiger partial charge in [0, 0.05) is 11.6 Å². The van der Waals surface area contributed by atoms with Crippen molar-refractivity contribution in [2.75, 3.05) is 6.61 Å². The van der Waals surface area contributed by atoms with Crippen molar-refractivity contribution < 1.29 is 5.11 Å². The lowest BCUT2D eigenvalue weighted by atomic mass is 9.74. The van der Waals surface area contributed by atoms with Crippen LogP contribution in [0.1, 0.15) is 71.6 Å². The van der Waals surface area contributed by atoms with Crippen LogP contribution in [0.3, 0.4) is 0 Å². The number of aliphatic hydroxyl groups excluding tert-OH is 1. The van der Waals surface area contributed by atoms with Gasteiger partial charge >= 0.3 is 0 Å². The highest BCUT2D eigenvalue weighted by molar-refractivity contribution is 5.06. The Hall–Kier alpha value is -0.0800. The predicted octanol–water partition coefficient (Wildman–Crippen LogP) is 3.24. The summed E-state index contributed by atoms with van der Waals surface area (Å²) in [7, 11) is 0. The van der Waals surface area contributed by atoms with Gasteiger partial charge in [-0.25, -0.2) is 0 Å². The molecule has 2 rings (SSSR count). The van der Waals surface area contributed by atoms with Crippen molar-refractivity contribution in [1.29, 1.82) is 0 Å². The number of hydrogen-bond acceptors (Lipinski definition) is 2. The monoisotopic (exact) mass is 239 g/mol. The van der Waals surface area contributed by atoms with Crippen LogP contribution in [0.15, 0.2) is 0 Å². The molecule has 0 aromatic carbocycles. The Kier molecular flexibility index (Phi) is 4.14. The lowest BCUT2D eigenvalue weighted by Gasteiger charge is -2.43. The third-order valence-corrected chi connectivity index (χ3v) is 5.31. The molecule has 100 valence electrons. The first-order chi connectivity index (χ1) is 8.10. The van der Waals surface area contributed by atoms with E-state index in [1.807, 2.05) is 0 Å². The number of rotatable bonds is 3. The fraction of sp³-hybridized carbons (Fsp3) is 1.00. The average molecular weight is 239 g/mol. The van der Waals surface area contributed by atoms with Gasteiger partial charge in [0.15, 0.2) is 0 Å². The van der Waals surface area contributed by atoms with Crippen molar-refractivity contribution >= 4 is 0 Å². The van der Waals surface area contributed by atoms with Crippen LogP contribution in [-0.4, -0.2) is 23.3 Å². The maximum Gasteiger partial charge on any atom is 0.0618 e. The van der Waals surface area contributed by atoms with Crippen molar-refractivity contribution in [3.63, 3.8) is 0 Å². The Morgan fingerprint density at radius 3 is 2.12 bits per heavy atom. The van der Waals surface area contributed by atoms with Gasteiger partial charge < -0.3 is 10.4 Å². The van der Waals surface area contributed by atoms with Crippen molar-refractivity contribution in [2.45, 2.75) is 83.2 Å². The zero-order valence-corrected chi connectivity index (χ0v) is 11.6. The SMILES string of the molecule is CC1(C)CCCC1(CO)NC1CCCCCC1. The van der Waals surface area contributed by atoms with E-state index in [4.69, 9.17) is 0 Å². The van der Waals surface area contributed by atoms with Crippen LogP contribution in [0, 0.1) is 5.41 Å². The molecule has 2 heteroatoms. The smallest absolute Gasteiger partial charge is 0.0618 e. The molecule has 0 saturated heterocycles. The molecule has 2 aliphatic carbocycles. The van der Waals surface area contributed by atoms with E-state index in [9.17, 15) is 5.11 Å². The first kappa shape index (κ1) is 13.4. The van der Waals surface area contributed by atoms with Gasteiger partial charge in [-0.05, 0) is 31.1 Å². The highest BCUT2D eigenvalue weighted by Gasteiger charge is 2.48. The first-order valence-electron chi connectivity index (χ1n) is 7.48. The van der Waals surface area contributed by atoms with Gasteiger partial charge in [-0.15, -0.1) is 0 Å². The Morgan fingerprint density at radius 1 is 1.00 bits per heavy atom. The largest absolute Gasteiger partial charge is 0.394 e. The Balaban J connectivity index is 2.03. The third-order valence-electron chi connectivity index (χ3n) is 5.31. The summed E-state index contributed by atoms with van der Waals surface area (Å²) in [5, 5.41) is 13.8. The van der Waals surface area contributed by atoms with Crippen LogP contribution in [0.4, 0.5) is 0 Å². The minimum absolute atomic E-state index is 0.0119. The second kappa shape index (κ2) is 5.27. The molecule has 2 saturated carbocycles. The van der Waals surface area contributed by atoms with Crippen LogP contribution in [0.5, 0.6) is 0 Å². The maximum atomic E-state index is 9.89. The van der Waals surface area contributed by atoms with Crippen LogP contribution in [-0.2, 0) is 0 Å². The minimum Gasteiger partial charge on any atom is -0.394 e. The van der Waals surface area contributed by atoms with Gasteiger partial charge in [0.1, 0.15) is 0 Å². The van der Waals surface area contributed by atoms with E-state index in [-0.39, 0.29) is 11.0 Å². The summed E-state index contributed by atoms with van der Waals surface area (Å²) in [5.41, 5.74) is 0.232. The molecule has 0 aliphatic heterocycles. The summed E-state index contributed by atoms with van der Waals surface area (Å²) in [6, 6.07) is 0.641. The molecular weight excluding hydrogens is 210 g/mol. The second-order valence-electron chi connectivity index (χ2n) is 6.81. The Morgan fingerprint density at radius 2 is 1.65 bits per heavy atom. The quantitative estimate of drug-likeness (QED) is 0.741. The lowest BCUT2D eigenvalue weighted by molar-refractivity contribution is 0.0616. The Bertz CT molecular complexity index is 243. The summed E-state index contributed by atoms with van der Waals surface area (Å²) in [5.74, 6) is 0. The van der Waals surface area contributed by atoms with Gasteiger partial charge in [0.25, 0.3) is 0 Å². The number of nitrogens with one attached hydrogen (secondary N) is 1. The molecule has 2 nitrogen and oxygen atoms in total. The molecule has 0 aromatic rings. The molecule has 2 fully saturated rings. The fourth-order valence-corrected chi connectivity index (χ4v) is 3.83. The fourth-order valence-electron chi connectivity index (χ4n) is 3.83. The van der Waals surface area contributed by atoms with E-state index < -0.39 is 0 Å². The molecule has 2 N–H and O–H groups in total. The van der Waals surface area contributed by atoms with Crippen molar-refractivity contribution in [3.8, 4) is 0 Å². The average Bonchev–Trinajstić information content (AvgIpc) is 2.49. The van der Waals surface area contributed by atoms with Crippen molar-refractivity contribution in [1.82, 2.24) is 5.32 Å². The third kappa shape index (κ3) is 2.68. The van der Waals surface area contributed by atoms with E-state index in [0.717, 1.165) is 6.42 Å². The predicted molar refractivity (Wildman–Crippen MR) is 72.1 cm³/mol. The number of hydrogen-bond donors (Lipinski definition) is 2. The highest BCUT2D eigenvalue weighted by atomic mass is 16.3. The minimum atomic E-state index is -0.0119. The van der Waals surface area contributed by atoms with Gasteiger partial charge in [-0.1, -0.05) is 46.0 Å². The summed E-state index contributed by atoms with van der Waals surface area (Å²) in [6.07, 6.45) is 11.8. The van der Waals surface area contributed by atoms with Crippen molar-refractivity contribution in [2.24, 2.45) is 5.41 Å². The molecule has 0 amide bonds. The van der Waals surface area contributed by atoms with Gasteiger partial charge in [-0.3, -0.25) is 0 Å². The van der Waals surface area contributed by atoms with E-state index in [2.05, 4.69) is 19.2 Å². The molecule has 17 heavy (non-hydrogen) atoms. The molecule has 0 spiro atoms. The Labute approximate surface area is 106 Å². The maximum absolute atomic E-state index is 9.89. The van der Waals surface area contributed by atoms with E-state index in [0.29, 0.717) is 12.6 Å². The zero-order chi connectivity index (χ0) is 12.4. The second-order valence-corrected chi connectivity index (χ2v) is 6.81.